The summed E-state index contributed by atoms with van der Waals surface area (Å²) in [6.07, 6.45) is 5.28. The highest BCUT2D eigenvalue weighted by Crippen LogP contribution is 2.38. The van der Waals surface area contributed by atoms with E-state index in [1.54, 1.807) is 12.4 Å². The molecule has 1 N–H and O–H groups in total. The molecule has 1 aromatic carbocycles. The summed E-state index contributed by atoms with van der Waals surface area (Å²) in [6, 6.07) is 11.6. The highest BCUT2D eigenvalue weighted by Gasteiger charge is 2.15. The summed E-state index contributed by atoms with van der Waals surface area (Å²) in [5, 5.41) is 4.32. The Morgan fingerprint density at radius 2 is 1.64 bits per heavy atom. The van der Waals surface area contributed by atoms with Crippen LogP contribution >= 0.6 is 23.2 Å². The standard InChI is InChI=1S/C21H20Cl2N4O/c22-18-11-17(12-19(23)21(18)28-14-15-1-4-24-5-2-15)16-3-6-26-20(13-16)27-9-7-25-8-10-27/h1-6,11-13,25H,7-10,14H2. The number of ether oxygens (including phenoxy) is 1. The van der Waals surface area contributed by atoms with Gasteiger partial charge in [-0.25, -0.2) is 4.98 Å². The zero-order chi connectivity index (χ0) is 19.3. The van der Waals surface area contributed by atoms with Gasteiger partial charge in [0.15, 0.2) is 5.75 Å². The van der Waals surface area contributed by atoms with Crippen LogP contribution in [0.15, 0.2) is 55.0 Å². The first-order valence-corrected chi connectivity index (χ1v) is 9.89. The predicted octanol–water partition coefficient (Wildman–Crippen LogP) is 4.44. The maximum absolute atomic E-state index is 6.48. The Kier molecular flexibility index (Phi) is 5.95. The van der Waals surface area contributed by atoms with Gasteiger partial charge in [0.05, 0.1) is 10.0 Å². The summed E-state index contributed by atoms with van der Waals surface area (Å²) in [6.45, 7) is 4.20. The first-order valence-electron chi connectivity index (χ1n) is 9.13. The van der Waals surface area contributed by atoms with Crippen LogP contribution < -0.4 is 15.0 Å². The number of anilines is 1. The molecule has 0 unspecified atom stereocenters. The number of hydrogen-bond donors (Lipinski definition) is 1. The Morgan fingerprint density at radius 3 is 2.36 bits per heavy atom. The largest absolute Gasteiger partial charge is 0.486 e. The third kappa shape index (κ3) is 4.38. The number of nitrogens with one attached hydrogen (secondary N) is 1. The first-order chi connectivity index (χ1) is 13.7. The zero-order valence-electron chi connectivity index (χ0n) is 15.2. The lowest BCUT2D eigenvalue weighted by atomic mass is 10.1. The van der Waals surface area contributed by atoms with Gasteiger partial charge in [0, 0.05) is 44.8 Å². The second kappa shape index (κ2) is 8.78. The summed E-state index contributed by atoms with van der Waals surface area (Å²) < 4.78 is 5.84. The van der Waals surface area contributed by atoms with Crippen molar-refractivity contribution in [2.75, 3.05) is 31.1 Å². The van der Waals surface area contributed by atoms with Crippen LogP contribution in [0.2, 0.25) is 10.0 Å². The quantitative estimate of drug-likeness (QED) is 0.668. The molecule has 144 valence electrons. The molecule has 0 aliphatic carbocycles. The molecule has 0 saturated carbocycles. The van der Waals surface area contributed by atoms with Gasteiger partial charge in [-0.2, -0.15) is 0 Å². The summed E-state index contributed by atoms with van der Waals surface area (Å²) in [7, 11) is 0. The lowest BCUT2D eigenvalue weighted by Crippen LogP contribution is -2.43. The molecular formula is C21H20Cl2N4O. The average molecular weight is 415 g/mol. The third-order valence-electron chi connectivity index (χ3n) is 4.65. The minimum atomic E-state index is 0.379. The van der Waals surface area contributed by atoms with Crippen molar-refractivity contribution in [3.8, 4) is 16.9 Å². The number of benzene rings is 1. The van der Waals surface area contributed by atoms with E-state index in [0.717, 1.165) is 48.7 Å². The van der Waals surface area contributed by atoms with E-state index in [2.05, 4.69) is 26.3 Å². The molecule has 0 spiro atoms. The van der Waals surface area contributed by atoms with Gasteiger partial charge in [-0.15, -0.1) is 0 Å². The van der Waals surface area contributed by atoms with Crippen molar-refractivity contribution < 1.29 is 4.74 Å². The fourth-order valence-corrected chi connectivity index (χ4v) is 3.76. The Hall–Kier alpha value is -2.34. The van der Waals surface area contributed by atoms with Gasteiger partial charge in [-0.1, -0.05) is 23.2 Å². The number of aromatic nitrogens is 2. The highest BCUT2D eigenvalue weighted by molar-refractivity contribution is 6.37. The summed E-state index contributed by atoms with van der Waals surface area (Å²) in [4.78, 5) is 10.8. The number of pyridine rings is 2. The fraction of sp³-hybridized carbons (Fsp3) is 0.238. The van der Waals surface area contributed by atoms with Crippen LogP contribution in [0, 0.1) is 0 Å². The molecule has 0 bridgehead atoms. The van der Waals surface area contributed by atoms with Gasteiger partial charge in [-0.3, -0.25) is 4.98 Å². The van der Waals surface area contributed by atoms with Gasteiger partial charge in [0.1, 0.15) is 12.4 Å². The van der Waals surface area contributed by atoms with E-state index in [4.69, 9.17) is 27.9 Å². The van der Waals surface area contributed by atoms with Crippen LogP contribution in [0.3, 0.4) is 0 Å². The van der Waals surface area contributed by atoms with Crippen molar-refractivity contribution in [1.82, 2.24) is 15.3 Å². The first kappa shape index (κ1) is 19.0. The molecule has 1 fully saturated rings. The van der Waals surface area contributed by atoms with E-state index in [1.807, 2.05) is 36.5 Å². The summed E-state index contributed by atoms with van der Waals surface area (Å²) in [5.74, 6) is 1.45. The van der Waals surface area contributed by atoms with Crippen molar-refractivity contribution in [2.45, 2.75) is 6.61 Å². The Labute approximate surface area is 174 Å². The molecule has 1 saturated heterocycles. The van der Waals surface area contributed by atoms with Crippen molar-refractivity contribution in [3.63, 3.8) is 0 Å². The molecule has 0 atom stereocenters. The minimum Gasteiger partial charge on any atom is -0.486 e. The third-order valence-corrected chi connectivity index (χ3v) is 5.21. The van der Waals surface area contributed by atoms with Gasteiger partial charge < -0.3 is 15.0 Å². The fourth-order valence-electron chi connectivity index (χ4n) is 3.16. The zero-order valence-corrected chi connectivity index (χ0v) is 16.7. The van der Waals surface area contributed by atoms with Crippen LogP contribution in [0.5, 0.6) is 5.75 Å². The monoisotopic (exact) mass is 414 g/mol. The highest BCUT2D eigenvalue weighted by atomic mass is 35.5. The maximum Gasteiger partial charge on any atom is 0.157 e. The van der Waals surface area contributed by atoms with Gasteiger partial charge in [-0.05, 0) is 53.1 Å². The number of halogens is 2. The Bertz CT molecular complexity index is 923. The van der Waals surface area contributed by atoms with E-state index >= 15 is 0 Å². The number of rotatable bonds is 5. The average Bonchev–Trinajstić information content (AvgIpc) is 2.74. The molecule has 2 aromatic heterocycles. The molecule has 5 nitrogen and oxygen atoms in total. The molecule has 1 aliphatic heterocycles. The van der Waals surface area contributed by atoms with Gasteiger partial charge in [0.2, 0.25) is 0 Å². The number of hydrogen-bond acceptors (Lipinski definition) is 5. The van der Waals surface area contributed by atoms with Crippen LogP contribution in [0.1, 0.15) is 5.56 Å². The van der Waals surface area contributed by atoms with E-state index in [-0.39, 0.29) is 0 Å². The van der Waals surface area contributed by atoms with Crippen molar-refractivity contribution in [3.05, 3.63) is 70.6 Å². The van der Waals surface area contributed by atoms with Gasteiger partial charge in [0.25, 0.3) is 0 Å². The van der Waals surface area contributed by atoms with Crippen molar-refractivity contribution >= 4 is 29.0 Å². The maximum atomic E-state index is 6.48. The second-order valence-electron chi connectivity index (χ2n) is 6.55. The van der Waals surface area contributed by atoms with E-state index < -0.39 is 0 Å². The molecule has 3 aromatic rings. The number of nitrogens with zero attached hydrogens (tertiary/aromatic N) is 3. The van der Waals surface area contributed by atoms with Crippen molar-refractivity contribution in [2.24, 2.45) is 0 Å². The Balaban J connectivity index is 1.56. The van der Waals surface area contributed by atoms with E-state index in [0.29, 0.717) is 22.4 Å². The molecular weight excluding hydrogens is 395 g/mol. The summed E-state index contributed by atoms with van der Waals surface area (Å²) >= 11 is 13.0. The molecule has 0 amide bonds. The molecule has 28 heavy (non-hydrogen) atoms. The second-order valence-corrected chi connectivity index (χ2v) is 7.37. The predicted molar refractivity (Wildman–Crippen MR) is 113 cm³/mol. The molecule has 0 radical (unpaired) electrons. The molecule has 3 heterocycles. The van der Waals surface area contributed by atoms with Crippen LogP contribution in [0.4, 0.5) is 5.82 Å². The van der Waals surface area contributed by atoms with Gasteiger partial charge >= 0.3 is 0 Å². The van der Waals surface area contributed by atoms with E-state index in [1.165, 1.54) is 0 Å². The lowest BCUT2D eigenvalue weighted by molar-refractivity contribution is 0.306. The van der Waals surface area contributed by atoms with Crippen LogP contribution in [-0.4, -0.2) is 36.1 Å². The lowest BCUT2D eigenvalue weighted by Gasteiger charge is -2.28. The minimum absolute atomic E-state index is 0.379. The molecule has 1 aliphatic rings. The molecule has 4 rings (SSSR count). The van der Waals surface area contributed by atoms with Crippen LogP contribution in [-0.2, 0) is 6.61 Å². The van der Waals surface area contributed by atoms with Crippen LogP contribution in [0.25, 0.3) is 11.1 Å². The van der Waals surface area contributed by atoms with E-state index in [9.17, 15) is 0 Å². The topological polar surface area (TPSA) is 50.3 Å². The smallest absolute Gasteiger partial charge is 0.157 e. The molecule has 7 heteroatoms. The number of piperazine rings is 1. The SMILES string of the molecule is Clc1cc(-c2ccnc(N3CCNCC3)c2)cc(Cl)c1OCc1ccncc1. The normalized spacial score (nSPS) is 14.1. The Morgan fingerprint density at radius 1 is 0.929 bits per heavy atom. The van der Waals surface area contributed by atoms with Crippen molar-refractivity contribution in [1.29, 1.82) is 0 Å². The summed E-state index contributed by atoms with van der Waals surface area (Å²) in [5.41, 5.74) is 2.96.